The molecule has 1 rings (SSSR count). The standard InChI is InChI=1S/C10H10F3N3O2/c1-18-7-4-2-3-6(5-7)8(10(11,12)13)15-16-9(14)17/h2-5H,1H3,(H3,14,16,17)/b15-8-. The van der Waals surface area contributed by atoms with Crippen molar-refractivity contribution >= 4 is 11.7 Å². The number of carbonyl (C=O) groups is 1. The molecule has 0 heterocycles. The molecule has 18 heavy (non-hydrogen) atoms. The van der Waals surface area contributed by atoms with E-state index in [1.807, 2.05) is 0 Å². The highest BCUT2D eigenvalue weighted by Crippen LogP contribution is 2.24. The molecule has 2 amide bonds. The Labute approximate surface area is 100 Å². The normalized spacial score (nSPS) is 12.1. The maximum absolute atomic E-state index is 12.7. The topological polar surface area (TPSA) is 76.7 Å². The van der Waals surface area contributed by atoms with Gasteiger partial charge >= 0.3 is 12.2 Å². The number of hydrogen-bond acceptors (Lipinski definition) is 3. The molecule has 3 N–H and O–H groups in total. The Balaban J connectivity index is 3.17. The molecule has 0 aliphatic rings. The van der Waals surface area contributed by atoms with E-state index in [0.29, 0.717) is 0 Å². The van der Waals surface area contributed by atoms with Gasteiger partial charge in [0.2, 0.25) is 0 Å². The fraction of sp³-hybridized carbons (Fsp3) is 0.200. The average Bonchev–Trinajstić information content (AvgIpc) is 2.27. The third kappa shape index (κ3) is 3.65. The third-order valence-electron chi connectivity index (χ3n) is 1.89. The van der Waals surface area contributed by atoms with Gasteiger partial charge < -0.3 is 10.5 Å². The van der Waals surface area contributed by atoms with Crippen LogP contribution in [0.5, 0.6) is 5.75 Å². The maximum Gasteiger partial charge on any atom is 0.435 e. The van der Waals surface area contributed by atoms with E-state index in [4.69, 9.17) is 4.74 Å². The number of alkyl halides is 3. The summed E-state index contributed by atoms with van der Waals surface area (Å²) in [5.74, 6) is 0.239. The molecule has 0 saturated carbocycles. The highest BCUT2D eigenvalue weighted by Gasteiger charge is 2.37. The second-order valence-corrected chi connectivity index (χ2v) is 3.17. The van der Waals surface area contributed by atoms with E-state index in [2.05, 4.69) is 10.8 Å². The van der Waals surface area contributed by atoms with Crippen molar-refractivity contribution in [3.8, 4) is 5.75 Å². The number of nitrogens with two attached hydrogens (primary N) is 1. The Morgan fingerprint density at radius 2 is 2.11 bits per heavy atom. The van der Waals surface area contributed by atoms with Crippen LogP contribution in [0, 0.1) is 0 Å². The first kappa shape index (κ1) is 13.8. The van der Waals surface area contributed by atoms with Gasteiger partial charge in [0.15, 0.2) is 5.71 Å². The summed E-state index contributed by atoms with van der Waals surface area (Å²) in [5.41, 5.74) is 4.72. The lowest BCUT2D eigenvalue weighted by atomic mass is 10.1. The van der Waals surface area contributed by atoms with Crippen LogP contribution in [0.2, 0.25) is 0 Å². The SMILES string of the molecule is COc1cccc(/C(=N/NC(N)=O)C(F)(F)F)c1. The Hall–Kier alpha value is -2.25. The van der Waals surface area contributed by atoms with Gasteiger partial charge in [0.1, 0.15) is 5.75 Å². The number of hydrogen-bond donors (Lipinski definition) is 2. The maximum atomic E-state index is 12.7. The van der Waals surface area contributed by atoms with Gasteiger partial charge in [0, 0.05) is 5.56 Å². The van der Waals surface area contributed by atoms with Crippen LogP contribution < -0.4 is 15.9 Å². The van der Waals surface area contributed by atoms with Gasteiger partial charge in [0.05, 0.1) is 7.11 Å². The number of benzene rings is 1. The van der Waals surface area contributed by atoms with Gasteiger partial charge in [-0.1, -0.05) is 12.1 Å². The number of ether oxygens (including phenoxy) is 1. The molecule has 0 atom stereocenters. The van der Waals surface area contributed by atoms with Crippen LogP contribution in [-0.2, 0) is 0 Å². The number of urea groups is 1. The predicted molar refractivity (Wildman–Crippen MR) is 58.3 cm³/mol. The van der Waals surface area contributed by atoms with Crippen molar-refractivity contribution in [1.82, 2.24) is 5.43 Å². The van der Waals surface area contributed by atoms with Crippen LogP contribution in [0.1, 0.15) is 5.56 Å². The van der Waals surface area contributed by atoms with Gasteiger partial charge in [-0.3, -0.25) is 0 Å². The van der Waals surface area contributed by atoms with Crippen LogP contribution in [-0.4, -0.2) is 25.0 Å². The summed E-state index contributed by atoms with van der Waals surface area (Å²) in [4.78, 5) is 10.4. The second-order valence-electron chi connectivity index (χ2n) is 3.17. The van der Waals surface area contributed by atoms with Crippen molar-refractivity contribution in [3.05, 3.63) is 29.8 Å². The monoisotopic (exact) mass is 261 g/mol. The molecule has 98 valence electrons. The van der Waals surface area contributed by atoms with Crippen LogP contribution in [0.3, 0.4) is 0 Å². The van der Waals surface area contributed by atoms with Crippen molar-refractivity contribution in [2.75, 3.05) is 7.11 Å². The zero-order chi connectivity index (χ0) is 13.8. The minimum Gasteiger partial charge on any atom is -0.497 e. The van der Waals surface area contributed by atoms with Gasteiger partial charge in [-0.05, 0) is 12.1 Å². The molecule has 0 aliphatic heterocycles. The second kappa shape index (κ2) is 5.39. The van der Waals surface area contributed by atoms with E-state index in [-0.39, 0.29) is 11.3 Å². The van der Waals surface area contributed by atoms with Crippen molar-refractivity contribution in [3.63, 3.8) is 0 Å². The van der Waals surface area contributed by atoms with Gasteiger partial charge in [-0.2, -0.15) is 18.3 Å². The third-order valence-corrected chi connectivity index (χ3v) is 1.89. The number of halogens is 3. The zero-order valence-electron chi connectivity index (χ0n) is 9.28. The first-order valence-corrected chi connectivity index (χ1v) is 4.69. The van der Waals surface area contributed by atoms with Gasteiger partial charge in [0.25, 0.3) is 0 Å². The van der Waals surface area contributed by atoms with E-state index in [9.17, 15) is 18.0 Å². The summed E-state index contributed by atoms with van der Waals surface area (Å²) in [6, 6.07) is 4.02. The largest absolute Gasteiger partial charge is 0.497 e. The molecule has 0 bridgehead atoms. The van der Waals surface area contributed by atoms with E-state index >= 15 is 0 Å². The minimum absolute atomic E-state index is 0.239. The van der Waals surface area contributed by atoms with E-state index in [0.717, 1.165) is 6.07 Å². The number of primary amides is 1. The lowest BCUT2D eigenvalue weighted by Gasteiger charge is -2.11. The van der Waals surface area contributed by atoms with Crippen molar-refractivity contribution in [2.24, 2.45) is 10.8 Å². The predicted octanol–water partition coefficient (Wildman–Crippen LogP) is 1.63. The number of methoxy groups -OCH3 is 1. The Kier molecular flexibility index (Phi) is 4.13. The minimum atomic E-state index is -4.73. The summed E-state index contributed by atoms with van der Waals surface area (Å²) in [6.45, 7) is 0. The van der Waals surface area contributed by atoms with E-state index in [1.54, 1.807) is 5.43 Å². The summed E-state index contributed by atoms with van der Waals surface area (Å²) in [6.07, 6.45) is -4.73. The van der Waals surface area contributed by atoms with E-state index in [1.165, 1.54) is 25.3 Å². The Morgan fingerprint density at radius 1 is 1.44 bits per heavy atom. The van der Waals surface area contributed by atoms with Gasteiger partial charge in [-0.25, -0.2) is 10.2 Å². The molecule has 0 spiro atoms. The number of hydrazone groups is 1. The highest BCUT2D eigenvalue weighted by molar-refractivity contribution is 6.05. The average molecular weight is 261 g/mol. The molecule has 0 fully saturated rings. The molecule has 1 aromatic rings. The first-order chi connectivity index (χ1) is 8.34. The molecule has 0 radical (unpaired) electrons. The number of amides is 2. The van der Waals surface area contributed by atoms with Crippen molar-refractivity contribution in [2.45, 2.75) is 6.18 Å². The lowest BCUT2D eigenvalue weighted by molar-refractivity contribution is -0.0583. The number of nitrogens with one attached hydrogen (secondary N) is 1. The van der Waals surface area contributed by atoms with Crippen molar-refractivity contribution < 1.29 is 22.7 Å². The zero-order valence-corrected chi connectivity index (χ0v) is 9.28. The fourth-order valence-corrected chi connectivity index (χ4v) is 1.17. The Morgan fingerprint density at radius 3 is 2.61 bits per heavy atom. The summed E-state index contributed by atoms with van der Waals surface area (Å²) in [7, 11) is 1.32. The molecular weight excluding hydrogens is 251 g/mol. The van der Waals surface area contributed by atoms with Crippen LogP contribution in [0.25, 0.3) is 0 Å². The highest BCUT2D eigenvalue weighted by atomic mass is 19.4. The van der Waals surface area contributed by atoms with Gasteiger partial charge in [-0.15, -0.1) is 0 Å². The summed E-state index contributed by atoms with van der Waals surface area (Å²) >= 11 is 0. The fourth-order valence-electron chi connectivity index (χ4n) is 1.17. The smallest absolute Gasteiger partial charge is 0.435 e. The van der Waals surface area contributed by atoms with Crippen LogP contribution >= 0.6 is 0 Å². The summed E-state index contributed by atoms with van der Waals surface area (Å²) < 4.78 is 43.0. The molecule has 0 aliphatic carbocycles. The molecule has 0 saturated heterocycles. The summed E-state index contributed by atoms with van der Waals surface area (Å²) in [5, 5.41) is 2.95. The number of rotatable bonds is 3. The van der Waals surface area contributed by atoms with Crippen LogP contribution in [0.15, 0.2) is 29.4 Å². The number of carbonyl (C=O) groups excluding carboxylic acids is 1. The van der Waals surface area contributed by atoms with Crippen LogP contribution in [0.4, 0.5) is 18.0 Å². The molecule has 0 aromatic heterocycles. The number of nitrogens with zero attached hydrogens (tertiary/aromatic N) is 1. The molecule has 5 nitrogen and oxygen atoms in total. The molecule has 1 aromatic carbocycles. The lowest BCUT2D eigenvalue weighted by Crippen LogP contribution is -2.31. The van der Waals surface area contributed by atoms with E-state index < -0.39 is 17.9 Å². The molecular formula is C10H10F3N3O2. The Bertz CT molecular complexity index is 472. The quantitative estimate of drug-likeness (QED) is 0.640. The molecule has 0 unspecified atom stereocenters. The first-order valence-electron chi connectivity index (χ1n) is 4.69. The molecule has 8 heteroatoms. The van der Waals surface area contributed by atoms with Crippen molar-refractivity contribution in [1.29, 1.82) is 0 Å².